The Bertz CT molecular complexity index is 3980. The van der Waals surface area contributed by atoms with Crippen LogP contribution < -0.4 is 4.90 Å². The molecule has 0 atom stereocenters. The van der Waals surface area contributed by atoms with Crippen molar-refractivity contribution in [2.24, 2.45) is 0 Å². The van der Waals surface area contributed by atoms with Gasteiger partial charge >= 0.3 is 0 Å². The normalized spacial score (nSPS) is 11.3. The van der Waals surface area contributed by atoms with Gasteiger partial charge in [0.15, 0.2) is 0 Å². The largest absolute Gasteiger partial charge is 0.310 e. The predicted octanol–water partition coefficient (Wildman–Crippen LogP) is 20.3. The molecule has 0 spiro atoms. The van der Waals surface area contributed by atoms with Gasteiger partial charge in [0, 0.05) is 16.9 Å². The van der Waals surface area contributed by atoms with Crippen molar-refractivity contribution in [3.63, 3.8) is 0 Å². The molecule has 0 saturated carbocycles. The second kappa shape index (κ2) is 19.0. The van der Waals surface area contributed by atoms with Gasteiger partial charge in [-0.2, -0.15) is 0 Å². The Morgan fingerprint density at radius 3 is 0.973 bits per heavy atom. The second-order valence-electron chi connectivity index (χ2n) is 18.8. The van der Waals surface area contributed by atoms with Crippen LogP contribution in [0.5, 0.6) is 0 Å². The smallest absolute Gasteiger partial charge is 0.0540 e. The molecule has 0 aliphatic carbocycles. The Labute approximate surface area is 427 Å². The van der Waals surface area contributed by atoms with Crippen molar-refractivity contribution in [2.45, 2.75) is 0 Å². The monoisotopic (exact) mass is 927 g/mol. The summed E-state index contributed by atoms with van der Waals surface area (Å²) >= 11 is 0. The maximum atomic E-state index is 2.42. The highest BCUT2D eigenvalue weighted by Crippen LogP contribution is 2.47. The molecule has 0 aromatic heterocycles. The Kier molecular flexibility index (Phi) is 11.3. The van der Waals surface area contributed by atoms with Crippen LogP contribution in [0.3, 0.4) is 0 Å². The van der Waals surface area contributed by atoms with Crippen LogP contribution in [0.4, 0.5) is 17.1 Å². The predicted molar refractivity (Wildman–Crippen MR) is 312 cm³/mol. The van der Waals surface area contributed by atoms with Crippen LogP contribution in [0.25, 0.3) is 110 Å². The average molecular weight is 928 g/mol. The van der Waals surface area contributed by atoms with Crippen LogP contribution in [0.2, 0.25) is 0 Å². The minimum atomic E-state index is 1.07. The van der Waals surface area contributed by atoms with Crippen molar-refractivity contribution in [1.82, 2.24) is 0 Å². The van der Waals surface area contributed by atoms with Crippen LogP contribution in [-0.4, -0.2) is 0 Å². The molecule has 13 aromatic carbocycles. The van der Waals surface area contributed by atoms with Crippen molar-refractivity contribution in [1.29, 1.82) is 0 Å². The maximum absolute atomic E-state index is 2.42. The molecule has 0 amide bonds. The van der Waals surface area contributed by atoms with Gasteiger partial charge in [0.25, 0.3) is 0 Å². The van der Waals surface area contributed by atoms with E-state index in [2.05, 4.69) is 302 Å². The molecule has 0 unspecified atom stereocenters. The van der Waals surface area contributed by atoms with Gasteiger partial charge in [-0.05, 0) is 159 Å². The maximum Gasteiger partial charge on any atom is 0.0540 e. The number of rotatable bonds is 10. The average Bonchev–Trinajstić information content (AvgIpc) is 3.49. The van der Waals surface area contributed by atoms with E-state index in [0.717, 1.165) is 39.3 Å². The first-order valence-electron chi connectivity index (χ1n) is 25.2. The molecule has 0 heterocycles. The third-order valence-corrected chi connectivity index (χ3v) is 14.5. The highest BCUT2D eigenvalue weighted by atomic mass is 15.1. The van der Waals surface area contributed by atoms with Crippen molar-refractivity contribution < 1.29 is 0 Å². The summed E-state index contributed by atoms with van der Waals surface area (Å²) in [4.78, 5) is 2.42. The molecule has 13 rings (SSSR count). The van der Waals surface area contributed by atoms with Gasteiger partial charge in [0.05, 0.1) is 5.69 Å². The van der Waals surface area contributed by atoms with Gasteiger partial charge in [-0.15, -0.1) is 0 Å². The minimum absolute atomic E-state index is 1.07. The van der Waals surface area contributed by atoms with E-state index in [4.69, 9.17) is 0 Å². The summed E-state index contributed by atoms with van der Waals surface area (Å²) < 4.78 is 0. The van der Waals surface area contributed by atoms with Crippen molar-refractivity contribution in [3.8, 4) is 77.9 Å². The van der Waals surface area contributed by atoms with Gasteiger partial charge in [-0.3, -0.25) is 0 Å². The molecule has 342 valence electrons. The van der Waals surface area contributed by atoms with Crippen LogP contribution in [0, 0.1) is 0 Å². The molecular weight excluding hydrogens is 879 g/mol. The summed E-state index contributed by atoms with van der Waals surface area (Å²) in [5, 5.41) is 7.67. The number of hydrogen-bond donors (Lipinski definition) is 0. The Hall–Kier alpha value is -9.56. The van der Waals surface area contributed by atoms with E-state index in [-0.39, 0.29) is 0 Å². The Balaban J connectivity index is 0.983. The van der Waals surface area contributed by atoms with Crippen molar-refractivity contribution in [2.75, 3.05) is 4.90 Å². The highest BCUT2D eigenvalue weighted by Gasteiger charge is 2.22. The van der Waals surface area contributed by atoms with E-state index in [1.165, 1.54) is 88.0 Å². The van der Waals surface area contributed by atoms with Crippen molar-refractivity contribution in [3.05, 3.63) is 297 Å². The first-order chi connectivity index (χ1) is 36.2. The van der Waals surface area contributed by atoms with Crippen LogP contribution in [0.1, 0.15) is 0 Å². The van der Waals surface area contributed by atoms with Crippen LogP contribution in [-0.2, 0) is 0 Å². The van der Waals surface area contributed by atoms with Gasteiger partial charge in [0.2, 0.25) is 0 Å². The molecule has 0 fully saturated rings. The Morgan fingerprint density at radius 1 is 0.178 bits per heavy atom. The number of hydrogen-bond acceptors (Lipinski definition) is 1. The summed E-state index contributed by atoms with van der Waals surface area (Å²) in [6.45, 7) is 0. The molecule has 0 aliphatic rings. The molecule has 0 radical (unpaired) electrons. The van der Waals surface area contributed by atoms with Gasteiger partial charge in [-0.25, -0.2) is 0 Å². The number of fused-ring (bicyclic) bond motifs is 6. The third-order valence-electron chi connectivity index (χ3n) is 14.5. The summed E-state index contributed by atoms with van der Waals surface area (Å²) in [6, 6.07) is 109. The van der Waals surface area contributed by atoms with Crippen LogP contribution in [0.15, 0.2) is 297 Å². The van der Waals surface area contributed by atoms with E-state index < -0.39 is 0 Å². The Morgan fingerprint density at radius 2 is 0.493 bits per heavy atom. The van der Waals surface area contributed by atoms with Crippen molar-refractivity contribution >= 4 is 49.4 Å². The standard InChI is InChI=1S/C72H49N/c1-6-20-50(21-7-1)51-34-40-60(41-35-51)73(61-42-36-52(37-43-61)57-38-44-66-64-32-17-16-30-62(64)63-31-18-19-33-65(63)70(66)47-57)71-45-39-58(46-67(71)53-22-8-2-9-23-53)59-48-68(54-24-10-3-11-25-54)72(56-28-14-5-15-29-56)69(49-59)55-26-12-4-13-27-55/h1-49H. The quantitative estimate of drug-likeness (QED) is 0.124. The summed E-state index contributed by atoms with van der Waals surface area (Å²) in [5.74, 6) is 0. The lowest BCUT2D eigenvalue weighted by molar-refractivity contribution is 1.28. The zero-order valence-electron chi connectivity index (χ0n) is 40.2. The molecular formula is C72H49N. The third kappa shape index (κ3) is 8.23. The van der Waals surface area contributed by atoms with E-state index in [1.807, 2.05) is 0 Å². The lowest BCUT2D eigenvalue weighted by atomic mass is 9.84. The van der Waals surface area contributed by atoms with Crippen LogP contribution >= 0.6 is 0 Å². The fourth-order valence-electron chi connectivity index (χ4n) is 10.9. The fourth-order valence-corrected chi connectivity index (χ4v) is 10.9. The summed E-state index contributed by atoms with van der Waals surface area (Å²) in [5.41, 5.74) is 19.7. The summed E-state index contributed by atoms with van der Waals surface area (Å²) in [7, 11) is 0. The van der Waals surface area contributed by atoms with E-state index in [9.17, 15) is 0 Å². The summed E-state index contributed by atoms with van der Waals surface area (Å²) in [6.07, 6.45) is 0. The highest BCUT2D eigenvalue weighted by molar-refractivity contribution is 6.25. The van der Waals surface area contributed by atoms with Gasteiger partial charge in [0.1, 0.15) is 0 Å². The number of anilines is 3. The molecule has 1 nitrogen and oxygen atoms in total. The molecule has 1 heteroatoms. The zero-order valence-corrected chi connectivity index (χ0v) is 40.2. The zero-order chi connectivity index (χ0) is 48.5. The van der Waals surface area contributed by atoms with E-state index in [1.54, 1.807) is 0 Å². The van der Waals surface area contributed by atoms with Gasteiger partial charge < -0.3 is 4.90 Å². The second-order valence-corrected chi connectivity index (χ2v) is 18.8. The number of benzene rings is 13. The number of nitrogens with zero attached hydrogens (tertiary/aromatic N) is 1. The molecule has 0 aliphatic heterocycles. The first-order valence-corrected chi connectivity index (χ1v) is 25.2. The molecule has 0 N–H and O–H groups in total. The molecule has 0 bridgehead atoms. The van der Waals surface area contributed by atoms with Gasteiger partial charge in [-0.1, -0.05) is 243 Å². The fraction of sp³-hybridized carbons (Fsp3) is 0. The molecule has 13 aromatic rings. The topological polar surface area (TPSA) is 3.24 Å². The SMILES string of the molecule is c1ccc(-c2ccc(N(c3ccc(-c4ccc5c6ccccc6c6ccccc6c5c4)cc3)c3ccc(-c4cc(-c5ccccc5)c(-c5ccccc5)c(-c5ccccc5)c4)cc3-c3ccccc3)cc2)cc1. The lowest BCUT2D eigenvalue weighted by Gasteiger charge is -2.29. The van der Waals surface area contributed by atoms with E-state index >= 15 is 0 Å². The van der Waals surface area contributed by atoms with E-state index in [0.29, 0.717) is 0 Å². The molecule has 73 heavy (non-hydrogen) atoms. The minimum Gasteiger partial charge on any atom is -0.310 e. The first kappa shape index (κ1) is 43.5. The lowest BCUT2D eigenvalue weighted by Crippen LogP contribution is -2.11. The molecule has 0 saturated heterocycles.